The number of piperidine rings is 1. The van der Waals surface area contributed by atoms with Crippen molar-refractivity contribution in [2.24, 2.45) is 5.92 Å². The summed E-state index contributed by atoms with van der Waals surface area (Å²) in [6.45, 7) is 2.96. The van der Waals surface area contributed by atoms with Gasteiger partial charge in [-0.05, 0) is 32.9 Å². The highest BCUT2D eigenvalue weighted by Gasteiger charge is 2.30. The molecule has 0 aromatic carbocycles. The van der Waals surface area contributed by atoms with E-state index in [9.17, 15) is 14.4 Å². The van der Waals surface area contributed by atoms with Gasteiger partial charge < -0.3 is 9.47 Å². The maximum absolute atomic E-state index is 11.7. The summed E-state index contributed by atoms with van der Waals surface area (Å²) in [6, 6.07) is -0.433. The molecule has 1 aliphatic rings. The molecule has 0 radical (unpaired) electrons. The van der Waals surface area contributed by atoms with Gasteiger partial charge in [0.15, 0.2) is 0 Å². The normalized spacial score (nSPS) is 18.5. The summed E-state index contributed by atoms with van der Waals surface area (Å²) in [5, 5.41) is 2.14. The van der Waals surface area contributed by atoms with Gasteiger partial charge in [0.25, 0.3) is 0 Å². The first-order valence-electron chi connectivity index (χ1n) is 6.20. The zero-order chi connectivity index (χ0) is 14.4. The Labute approximate surface area is 112 Å². The fourth-order valence-electron chi connectivity index (χ4n) is 2.11. The number of hydrogen-bond donors (Lipinski definition) is 1. The molecule has 1 heterocycles. The highest BCUT2D eigenvalue weighted by atomic mass is 16.5. The third kappa shape index (κ3) is 4.20. The van der Waals surface area contributed by atoms with E-state index in [0.29, 0.717) is 25.9 Å². The number of likely N-dealkylation sites (tertiary alicyclic amines) is 1. The predicted molar refractivity (Wildman–Crippen MR) is 66.3 cm³/mol. The SMILES string of the molecule is COC(=O)NC(=O)[C@@H](C)N1CCC(C(=O)OC)CC1. The Morgan fingerprint density at radius 3 is 2.21 bits per heavy atom. The van der Waals surface area contributed by atoms with Gasteiger partial charge in [-0.2, -0.15) is 0 Å². The van der Waals surface area contributed by atoms with Crippen LogP contribution in [-0.2, 0) is 19.1 Å². The molecule has 2 amide bonds. The minimum absolute atomic E-state index is 0.0999. The third-order valence-electron chi connectivity index (χ3n) is 3.40. The van der Waals surface area contributed by atoms with E-state index >= 15 is 0 Å². The monoisotopic (exact) mass is 272 g/mol. The van der Waals surface area contributed by atoms with E-state index in [1.54, 1.807) is 6.92 Å². The molecule has 1 atom stereocenters. The summed E-state index contributed by atoms with van der Waals surface area (Å²) in [5.41, 5.74) is 0. The van der Waals surface area contributed by atoms with Crippen LogP contribution in [0.15, 0.2) is 0 Å². The molecule has 1 saturated heterocycles. The molecule has 0 unspecified atom stereocenters. The Kier molecular flexibility index (Phi) is 5.75. The van der Waals surface area contributed by atoms with Crippen molar-refractivity contribution < 1.29 is 23.9 Å². The molecular formula is C12H20N2O5. The Balaban J connectivity index is 2.44. The smallest absolute Gasteiger partial charge is 0.413 e. The van der Waals surface area contributed by atoms with Gasteiger partial charge in [-0.25, -0.2) is 4.79 Å². The average Bonchev–Trinajstić information content (AvgIpc) is 2.45. The first-order chi connectivity index (χ1) is 8.99. The average molecular weight is 272 g/mol. The third-order valence-corrected chi connectivity index (χ3v) is 3.40. The van der Waals surface area contributed by atoms with Crippen LogP contribution in [-0.4, -0.2) is 56.2 Å². The van der Waals surface area contributed by atoms with Crippen LogP contribution in [0.2, 0.25) is 0 Å². The topological polar surface area (TPSA) is 84.9 Å². The van der Waals surface area contributed by atoms with E-state index in [0.717, 1.165) is 0 Å². The minimum Gasteiger partial charge on any atom is -0.469 e. The first kappa shape index (κ1) is 15.4. The molecule has 1 fully saturated rings. The number of carbonyl (C=O) groups excluding carboxylic acids is 3. The maximum Gasteiger partial charge on any atom is 0.413 e. The number of methoxy groups -OCH3 is 2. The number of esters is 1. The number of nitrogens with one attached hydrogen (secondary N) is 1. The second-order valence-corrected chi connectivity index (χ2v) is 4.49. The predicted octanol–water partition coefficient (Wildman–Crippen LogP) is 0.143. The van der Waals surface area contributed by atoms with Crippen molar-refractivity contribution in [2.75, 3.05) is 27.3 Å². The molecule has 0 aromatic heterocycles. The second kappa shape index (κ2) is 7.08. The lowest BCUT2D eigenvalue weighted by Gasteiger charge is -2.33. The van der Waals surface area contributed by atoms with Gasteiger partial charge in [0.2, 0.25) is 5.91 Å². The van der Waals surface area contributed by atoms with E-state index in [-0.39, 0.29) is 11.9 Å². The van der Waals surface area contributed by atoms with Crippen molar-refractivity contribution in [2.45, 2.75) is 25.8 Å². The van der Waals surface area contributed by atoms with Gasteiger partial charge in [-0.15, -0.1) is 0 Å². The summed E-state index contributed by atoms with van der Waals surface area (Å²) >= 11 is 0. The van der Waals surface area contributed by atoms with Crippen LogP contribution in [0.3, 0.4) is 0 Å². The number of amides is 2. The molecular weight excluding hydrogens is 252 g/mol. The fourth-order valence-corrected chi connectivity index (χ4v) is 2.11. The standard InChI is InChI=1S/C12H20N2O5/c1-8(10(15)13-12(17)19-3)14-6-4-9(5-7-14)11(16)18-2/h8-9H,4-7H2,1-3H3,(H,13,15,17)/t8-/m1/s1. The molecule has 0 aromatic rings. The fraction of sp³-hybridized carbons (Fsp3) is 0.750. The number of hydrogen-bond acceptors (Lipinski definition) is 6. The zero-order valence-corrected chi connectivity index (χ0v) is 11.5. The van der Waals surface area contributed by atoms with Gasteiger partial charge in [-0.1, -0.05) is 0 Å². The second-order valence-electron chi connectivity index (χ2n) is 4.49. The van der Waals surface area contributed by atoms with E-state index in [1.165, 1.54) is 14.2 Å². The number of carbonyl (C=O) groups is 3. The minimum atomic E-state index is -0.763. The molecule has 7 heteroatoms. The van der Waals surface area contributed by atoms with Crippen molar-refractivity contribution in [3.05, 3.63) is 0 Å². The van der Waals surface area contributed by atoms with Crippen LogP contribution in [0.1, 0.15) is 19.8 Å². The Hall–Kier alpha value is -1.63. The lowest BCUT2D eigenvalue weighted by atomic mass is 9.96. The Morgan fingerprint density at radius 1 is 1.16 bits per heavy atom. The number of rotatable bonds is 3. The van der Waals surface area contributed by atoms with Crippen molar-refractivity contribution in [3.63, 3.8) is 0 Å². The van der Waals surface area contributed by atoms with Crippen molar-refractivity contribution >= 4 is 18.0 Å². The van der Waals surface area contributed by atoms with Crippen LogP contribution in [0, 0.1) is 5.92 Å². The van der Waals surface area contributed by atoms with Gasteiger partial charge in [0, 0.05) is 0 Å². The first-order valence-corrected chi connectivity index (χ1v) is 6.20. The number of nitrogens with zero attached hydrogens (tertiary/aromatic N) is 1. The van der Waals surface area contributed by atoms with Crippen molar-refractivity contribution in [3.8, 4) is 0 Å². The molecule has 7 nitrogen and oxygen atoms in total. The molecule has 19 heavy (non-hydrogen) atoms. The van der Waals surface area contributed by atoms with Gasteiger partial charge in [0.1, 0.15) is 0 Å². The Morgan fingerprint density at radius 2 is 1.74 bits per heavy atom. The van der Waals surface area contributed by atoms with Crippen molar-refractivity contribution in [1.29, 1.82) is 0 Å². The zero-order valence-electron chi connectivity index (χ0n) is 11.5. The number of alkyl carbamates (subject to hydrolysis) is 1. The highest BCUT2D eigenvalue weighted by molar-refractivity contribution is 5.94. The summed E-state index contributed by atoms with van der Waals surface area (Å²) in [4.78, 5) is 36.0. The van der Waals surface area contributed by atoms with Crippen LogP contribution >= 0.6 is 0 Å². The molecule has 1 rings (SSSR count). The number of imide groups is 1. The van der Waals surface area contributed by atoms with E-state index in [2.05, 4.69) is 10.1 Å². The Bertz CT molecular complexity index is 350. The van der Waals surface area contributed by atoms with Crippen LogP contribution < -0.4 is 5.32 Å². The summed E-state index contributed by atoms with van der Waals surface area (Å²) < 4.78 is 9.07. The molecule has 0 saturated carbocycles. The highest BCUT2D eigenvalue weighted by Crippen LogP contribution is 2.20. The van der Waals surface area contributed by atoms with Crippen LogP contribution in [0.4, 0.5) is 4.79 Å². The van der Waals surface area contributed by atoms with Gasteiger partial charge >= 0.3 is 12.1 Å². The van der Waals surface area contributed by atoms with E-state index < -0.39 is 18.0 Å². The van der Waals surface area contributed by atoms with Crippen LogP contribution in [0.5, 0.6) is 0 Å². The quantitative estimate of drug-likeness (QED) is 0.736. The lowest BCUT2D eigenvalue weighted by molar-refractivity contribution is -0.147. The molecule has 0 aliphatic carbocycles. The molecule has 1 aliphatic heterocycles. The molecule has 0 spiro atoms. The maximum atomic E-state index is 11.7. The summed E-state index contributed by atoms with van der Waals surface area (Å²) in [5.74, 6) is -0.702. The van der Waals surface area contributed by atoms with Crippen LogP contribution in [0.25, 0.3) is 0 Å². The molecule has 0 bridgehead atoms. The summed E-state index contributed by atoms with van der Waals surface area (Å²) in [6.07, 6.45) is 0.548. The van der Waals surface area contributed by atoms with E-state index in [4.69, 9.17) is 4.74 Å². The van der Waals surface area contributed by atoms with Gasteiger partial charge in [0.05, 0.1) is 26.2 Å². The van der Waals surface area contributed by atoms with Crippen molar-refractivity contribution in [1.82, 2.24) is 10.2 Å². The molecule has 1 N–H and O–H groups in total. The largest absolute Gasteiger partial charge is 0.469 e. The van der Waals surface area contributed by atoms with E-state index in [1.807, 2.05) is 4.90 Å². The molecule has 108 valence electrons. The lowest BCUT2D eigenvalue weighted by Crippen LogP contribution is -2.50. The summed E-state index contributed by atoms with van der Waals surface area (Å²) in [7, 11) is 2.58. The number of ether oxygens (including phenoxy) is 2. The van der Waals surface area contributed by atoms with Gasteiger partial charge in [-0.3, -0.25) is 19.8 Å².